The number of likely N-dealkylation sites (N-methyl/N-ethyl adjacent to an activating group) is 1. The number of aliphatic hydroxyl groups is 1. The summed E-state index contributed by atoms with van der Waals surface area (Å²) in [5.41, 5.74) is 3.43. The summed E-state index contributed by atoms with van der Waals surface area (Å²) in [4.78, 5) is 30.3. The number of piperidine rings is 1. The van der Waals surface area contributed by atoms with Gasteiger partial charge in [0.05, 0.1) is 34.4 Å². The standard InChI is InChI=1S/C26H29ClN6O2/c1-31(24(34)9-8-23-30-20-15-18(27)6-7-21(20)32(23)2)16-26(35)11-4-14-33(17-26)22-10-13-28-19-5-3-12-29-25(19)22/h3,5-7,10,12-13,15,35H,4,8-9,11,14,16-17H2,1-2H3. The molecular formula is C26H29ClN6O2. The van der Waals surface area contributed by atoms with Crippen molar-refractivity contribution >= 4 is 45.3 Å². The number of aromatic nitrogens is 4. The zero-order valence-electron chi connectivity index (χ0n) is 20.0. The van der Waals surface area contributed by atoms with Gasteiger partial charge in [0, 0.05) is 57.4 Å². The molecule has 0 saturated carbocycles. The van der Waals surface area contributed by atoms with Gasteiger partial charge in [-0.3, -0.25) is 14.8 Å². The molecule has 1 aliphatic rings. The van der Waals surface area contributed by atoms with Crippen LogP contribution in [0.3, 0.4) is 0 Å². The van der Waals surface area contributed by atoms with Gasteiger partial charge < -0.3 is 19.5 Å². The predicted octanol–water partition coefficient (Wildman–Crippen LogP) is 3.59. The Morgan fingerprint density at radius 3 is 2.91 bits per heavy atom. The fourth-order valence-electron chi connectivity index (χ4n) is 5.05. The third kappa shape index (κ3) is 4.81. The van der Waals surface area contributed by atoms with Crippen LogP contribution in [0.2, 0.25) is 5.02 Å². The highest BCUT2D eigenvalue weighted by atomic mass is 35.5. The molecule has 0 bridgehead atoms. The Balaban J connectivity index is 1.24. The molecule has 4 heterocycles. The summed E-state index contributed by atoms with van der Waals surface area (Å²) in [6.07, 6.45) is 5.85. The quantitative estimate of drug-likeness (QED) is 0.442. The number of β-amino-alcohol motifs (C(OH)–C–C–N with tert-alkyl or cyclic N) is 1. The van der Waals surface area contributed by atoms with Gasteiger partial charge in [-0.1, -0.05) is 11.6 Å². The Kier molecular flexibility index (Phi) is 6.34. The van der Waals surface area contributed by atoms with E-state index >= 15 is 0 Å². The maximum atomic E-state index is 13.0. The number of imidazole rings is 1. The third-order valence-electron chi connectivity index (χ3n) is 6.83. The zero-order valence-corrected chi connectivity index (χ0v) is 20.7. The highest BCUT2D eigenvalue weighted by Gasteiger charge is 2.36. The largest absolute Gasteiger partial charge is 0.386 e. The molecule has 35 heavy (non-hydrogen) atoms. The summed E-state index contributed by atoms with van der Waals surface area (Å²) in [6, 6.07) is 11.4. The van der Waals surface area contributed by atoms with Crippen LogP contribution in [0.15, 0.2) is 48.8 Å². The maximum absolute atomic E-state index is 13.0. The number of carbonyl (C=O) groups excluding carboxylic acids is 1. The Hall–Kier alpha value is -3.23. The first-order chi connectivity index (χ1) is 16.8. The Morgan fingerprint density at radius 1 is 1.20 bits per heavy atom. The monoisotopic (exact) mass is 492 g/mol. The van der Waals surface area contributed by atoms with E-state index in [-0.39, 0.29) is 12.5 Å². The molecule has 3 aromatic heterocycles. The highest BCUT2D eigenvalue weighted by molar-refractivity contribution is 6.31. The van der Waals surface area contributed by atoms with Crippen molar-refractivity contribution in [1.29, 1.82) is 0 Å². The number of pyridine rings is 2. The van der Waals surface area contributed by atoms with E-state index in [1.807, 2.05) is 48.0 Å². The second-order valence-electron chi connectivity index (χ2n) is 9.42. The van der Waals surface area contributed by atoms with E-state index in [0.29, 0.717) is 30.8 Å². The Bertz CT molecular complexity index is 1380. The SMILES string of the molecule is CN(CC1(O)CCCN(c2ccnc3cccnc23)C1)C(=O)CCc1nc2cc(Cl)ccc2n1C. The number of benzene rings is 1. The number of nitrogens with zero attached hydrogens (tertiary/aromatic N) is 6. The number of amides is 1. The summed E-state index contributed by atoms with van der Waals surface area (Å²) < 4.78 is 2.00. The molecule has 1 N–H and O–H groups in total. The summed E-state index contributed by atoms with van der Waals surface area (Å²) in [5, 5.41) is 12.1. The number of aryl methyl sites for hydroxylation is 2. The highest BCUT2D eigenvalue weighted by Crippen LogP contribution is 2.30. The van der Waals surface area contributed by atoms with E-state index in [2.05, 4.69) is 19.9 Å². The minimum atomic E-state index is -0.998. The van der Waals surface area contributed by atoms with Gasteiger partial charge in [-0.05, 0) is 49.2 Å². The molecule has 1 aromatic carbocycles. The van der Waals surface area contributed by atoms with Gasteiger partial charge in [0.15, 0.2) is 0 Å². The normalized spacial score (nSPS) is 18.3. The van der Waals surface area contributed by atoms with Crippen LogP contribution in [-0.2, 0) is 18.3 Å². The molecule has 1 atom stereocenters. The fraction of sp³-hybridized carbons (Fsp3) is 0.385. The van der Waals surface area contributed by atoms with Crippen molar-refractivity contribution in [3.05, 3.63) is 59.6 Å². The molecule has 1 aliphatic heterocycles. The van der Waals surface area contributed by atoms with E-state index in [0.717, 1.165) is 46.5 Å². The van der Waals surface area contributed by atoms with Crippen LogP contribution in [0.1, 0.15) is 25.1 Å². The number of carbonyl (C=O) groups is 1. The number of anilines is 1. The second kappa shape index (κ2) is 9.43. The lowest BCUT2D eigenvalue weighted by molar-refractivity contribution is -0.133. The minimum Gasteiger partial charge on any atom is -0.386 e. The molecule has 8 nitrogen and oxygen atoms in total. The molecule has 9 heteroatoms. The van der Waals surface area contributed by atoms with Crippen LogP contribution in [-0.4, -0.2) is 67.7 Å². The molecule has 5 rings (SSSR count). The van der Waals surface area contributed by atoms with Crippen LogP contribution in [0.5, 0.6) is 0 Å². The maximum Gasteiger partial charge on any atom is 0.222 e. The first-order valence-electron chi connectivity index (χ1n) is 11.8. The topological polar surface area (TPSA) is 87.4 Å². The summed E-state index contributed by atoms with van der Waals surface area (Å²) in [5.74, 6) is 0.820. The van der Waals surface area contributed by atoms with Gasteiger partial charge in [-0.15, -0.1) is 0 Å². The summed E-state index contributed by atoms with van der Waals surface area (Å²) in [6.45, 7) is 1.54. The third-order valence-corrected chi connectivity index (χ3v) is 7.06. The lowest BCUT2D eigenvalue weighted by atomic mass is 9.91. The van der Waals surface area contributed by atoms with E-state index in [1.54, 1.807) is 24.3 Å². The molecule has 182 valence electrons. The first kappa shape index (κ1) is 23.5. The van der Waals surface area contributed by atoms with Crippen molar-refractivity contribution in [2.45, 2.75) is 31.3 Å². The summed E-state index contributed by atoms with van der Waals surface area (Å²) in [7, 11) is 3.71. The van der Waals surface area contributed by atoms with Crippen LogP contribution < -0.4 is 4.90 Å². The Labute approximate surface area is 209 Å². The van der Waals surface area contributed by atoms with Crippen LogP contribution in [0.4, 0.5) is 5.69 Å². The minimum absolute atomic E-state index is 0.0170. The molecule has 1 fully saturated rings. The van der Waals surface area contributed by atoms with Crippen molar-refractivity contribution in [3.8, 4) is 0 Å². The van der Waals surface area contributed by atoms with Crippen molar-refractivity contribution < 1.29 is 9.90 Å². The summed E-state index contributed by atoms with van der Waals surface area (Å²) >= 11 is 6.09. The van der Waals surface area contributed by atoms with Crippen LogP contribution in [0, 0.1) is 0 Å². The first-order valence-corrected chi connectivity index (χ1v) is 12.2. The van der Waals surface area contributed by atoms with E-state index < -0.39 is 5.60 Å². The molecule has 0 aliphatic carbocycles. The van der Waals surface area contributed by atoms with E-state index in [9.17, 15) is 9.90 Å². The lowest BCUT2D eigenvalue weighted by Gasteiger charge is -2.42. The van der Waals surface area contributed by atoms with Crippen LogP contribution >= 0.6 is 11.6 Å². The fourth-order valence-corrected chi connectivity index (χ4v) is 5.22. The zero-order chi connectivity index (χ0) is 24.6. The van der Waals surface area contributed by atoms with Gasteiger partial charge in [0.2, 0.25) is 5.91 Å². The molecule has 1 amide bonds. The number of rotatable bonds is 6. The van der Waals surface area contributed by atoms with E-state index in [4.69, 9.17) is 11.6 Å². The van der Waals surface area contributed by atoms with Crippen LogP contribution in [0.25, 0.3) is 22.1 Å². The molecule has 1 unspecified atom stereocenters. The lowest BCUT2D eigenvalue weighted by Crippen LogP contribution is -2.54. The number of hydrogen-bond donors (Lipinski definition) is 1. The molecule has 0 radical (unpaired) electrons. The van der Waals surface area contributed by atoms with Gasteiger partial charge in [0.25, 0.3) is 0 Å². The molecule has 0 spiro atoms. The second-order valence-corrected chi connectivity index (χ2v) is 9.86. The van der Waals surface area contributed by atoms with Gasteiger partial charge in [-0.2, -0.15) is 0 Å². The van der Waals surface area contributed by atoms with E-state index in [1.165, 1.54) is 0 Å². The predicted molar refractivity (Wildman–Crippen MR) is 138 cm³/mol. The molecule has 4 aromatic rings. The van der Waals surface area contributed by atoms with Gasteiger partial charge in [0.1, 0.15) is 11.3 Å². The molecular weight excluding hydrogens is 464 g/mol. The van der Waals surface area contributed by atoms with Crippen molar-refractivity contribution in [1.82, 2.24) is 24.4 Å². The average Bonchev–Trinajstić information content (AvgIpc) is 3.16. The van der Waals surface area contributed by atoms with Gasteiger partial charge in [-0.25, -0.2) is 4.98 Å². The van der Waals surface area contributed by atoms with Crippen molar-refractivity contribution in [2.24, 2.45) is 7.05 Å². The van der Waals surface area contributed by atoms with Crippen molar-refractivity contribution in [3.63, 3.8) is 0 Å². The smallest absolute Gasteiger partial charge is 0.222 e. The molecule has 1 saturated heterocycles. The van der Waals surface area contributed by atoms with Gasteiger partial charge >= 0.3 is 0 Å². The number of fused-ring (bicyclic) bond motifs is 2. The average molecular weight is 493 g/mol. The number of halogens is 1. The van der Waals surface area contributed by atoms with Crippen molar-refractivity contribution in [2.75, 3.05) is 31.6 Å². The Morgan fingerprint density at radius 2 is 2.06 bits per heavy atom. The number of hydrogen-bond acceptors (Lipinski definition) is 6.